The van der Waals surface area contributed by atoms with Crippen molar-refractivity contribution in [1.82, 2.24) is 0 Å². The summed E-state index contributed by atoms with van der Waals surface area (Å²) in [7, 11) is -8.27. The molecule has 0 aliphatic carbocycles. The molecular weight excluding hydrogens is 385 g/mol. The molecule has 0 aliphatic heterocycles. The van der Waals surface area contributed by atoms with Crippen molar-refractivity contribution in [2.24, 2.45) is 3.77 Å². The maximum atomic E-state index is 15.4. The fraction of sp³-hybridized carbons (Fsp3) is 0.100. The van der Waals surface area contributed by atoms with Crippen LogP contribution in [0, 0.1) is 6.92 Å². The average molecular weight is 404 g/mol. The summed E-state index contributed by atoms with van der Waals surface area (Å²) < 4.78 is 58.1. The third-order valence-electron chi connectivity index (χ3n) is 3.95. The number of aryl methyl sites for hydroxylation is 1. The van der Waals surface area contributed by atoms with Crippen LogP contribution < -0.4 is 0 Å². The van der Waals surface area contributed by atoms with Crippen molar-refractivity contribution in [3.8, 4) is 0 Å². The van der Waals surface area contributed by atoms with E-state index in [0.29, 0.717) is 0 Å². The predicted molar refractivity (Wildman–Crippen MR) is 104 cm³/mol. The van der Waals surface area contributed by atoms with Crippen molar-refractivity contribution in [3.63, 3.8) is 0 Å². The first kappa shape index (κ1) is 19.3. The molecule has 0 spiro atoms. The van der Waals surface area contributed by atoms with E-state index in [1.165, 1.54) is 48.5 Å². The van der Waals surface area contributed by atoms with Gasteiger partial charge in [-0.3, -0.25) is 0 Å². The molecule has 3 aromatic carbocycles. The second kappa shape index (κ2) is 7.62. The Morgan fingerprint density at radius 3 is 1.74 bits per heavy atom. The third kappa shape index (κ3) is 4.09. The van der Waals surface area contributed by atoms with Crippen LogP contribution in [0.1, 0.15) is 16.6 Å². The molecule has 2 atom stereocenters. The second-order valence-corrected chi connectivity index (χ2v) is 10.0. The molecule has 0 heterocycles. The number of nitrogens with zero attached hydrogens (tertiary/aromatic N) is 1. The smallest absolute Gasteiger partial charge is 0.240 e. The van der Waals surface area contributed by atoms with Gasteiger partial charge >= 0.3 is 0 Å². The Labute approximate surface area is 158 Å². The molecular formula is C20H18FNO3S2. The maximum Gasteiger partial charge on any atom is 0.290 e. The van der Waals surface area contributed by atoms with Crippen LogP contribution in [0.4, 0.5) is 4.39 Å². The molecule has 0 saturated carbocycles. The summed E-state index contributed by atoms with van der Waals surface area (Å²) in [5.74, 6) is 0. The van der Waals surface area contributed by atoms with Crippen LogP contribution in [-0.2, 0) is 19.8 Å². The van der Waals surface area contributed by atoms with Gasteiger partial charge < -0.3 is 0 Å². The lowest BCUT2D eigenvalue weighted by Gasteiger charge is -2.16. The highest BCUT2D eigenvalue weighted by Crippen LogP contribution is 2.34. The lowest BCUT2D eigenvalue weighted by atomic mass is 10.2. The van der Waals surface area contributed by atoms with Crippen molar-refractivity contribution in [2.45, 2.75) is 22.2 Å². The molecule has 7 heteroatoms. The standard InChI is InChI=1S/C20H18FNO3S2/c1-16-12-14-17(15-13-16)20(21)26(23,18-8-4-2-5-9-18)22-27(24,25)19-10-6-3-7-11-19/h2-15,20H,1H3/t20-,26-/m1/s1. The second-order valence-electron chi connectivity index (χ2n) is 5.97. The fourth-order valence-electron chi connectivity index (χ4n) is 2.50. The Morgan fingerprint density at radius 1 is 0.741 bits per heavy atom. The molecule has 0 amide bonds. The van der Waals surface area contributed by atoms with Gasteiger partial charge in [-0.25, -0.2) is 8.60 Å². The topological polar surface area (TPSA) is 63.6 Å². The number of hydrogen-bond acceptors (Lipinski definition) is 3. The molecule has 140 valence electrons. The van der Waals surface area contributed by atoms with E-state index in [0.717, 1.165) is 5.56 Å². The summed E-state index contributed by atoms with van der Waals surface area (Å²) in [6, 6.07) is 21.4. The lowest BCUT2D eigenvalue weighted by Crippen LogP contribution is -2.13. The van der Waals surface area contributed by atoms with Gasteiger partial charge in [0.1, 0.15) is 9.73 Å². The summed E-state index contributed by atoms with van der Waals surface area (Å²) in [4.78, 5) is -0.109. The number of alkyl halides is 1. The van der Waals surface area contributed by atoms with Crippen molar-refractivity contribution < 1.29 is 17.0 Å². The molecule has 0 saturated heterocycles. The minimum absolute atomic E-state index is 0.0255. The zero-order valence-corrected chi connectivity index (χ0v) is 16.2. The Balaban J connectivity index is 2.23. The Hall–Kier alpha value is -2.51. The Bertz CT molecular complexity index is 1140. The summed E-state index contributed by atoms with van der Waals surface area (Å²) >= 11 is 0. The predicted octanol–water partition coefficient (Wildman–Crippen LogP) is 4.88. The van der Waals surface area contributed by atoms with Gasteiger partial charge in [0.25, 0.3) is 10.0 Å². The maximum absolute atomic E-state index is 15.4. The van der Waals surface area contributed by atoms with Gasteiger partial charge in [-0.05, 0) is 31.2 Å². The van der Waals surface area contributed by atoms with Gasteiger partial charge in [-0.2, -0.15) is 8.42 Å². The van der Waals surface area contributed by atoms with Crippen LogP contribution >= 0.6 is 0 Å². The summed E-state index contributed by atoms with van der Waals surface area (Å²) in [5, 5.41) is 0. The molecule has 0 unspecified atom stereocenters. The van der Waals surface area contributed by atoms with E-state index in [-0.39, 0.29) is 15.4 Å². The van der Waals surface area contributed by atoms with Crippen LogP contribution in [-0.4, -0.2) is 12.6 Å². The number of hydrogen-bond donors (Lipinski definition) is 0. The monoisotopic (exact) mass is 403 g/mol. The molecule has 0 radical (unpaired) electrons. The molecule has 3 aromatic rings. The van der Waals surface area contributed by atoms with Crippen LogP contribution in [0.25, 0.3) is 0 Å². The molecule has 3 rings (SSSR count). The molecule has 0 aromatic heterocycles. The number of rotatable bonds is 5. The zero-order chi connectivity index (χ0) is 19.5. The normalized spacial score (nSPS) is 14.9. The summed E-state index contributed by atoms with van der Waals surface area (Å²) in [5.41, 5.74) is -1.08. The van der Waals surface area contributed by atoms with E-state index in [4.69, 9.17) is 0 Å². The van der Waals surface area contributed by atoms with E-state index in [1.807, 2.05) is 6.92 Å². The molecule has 27 heavy (non-hydrogen) atoms. The van der Waals surface area contributed by atoms with Crippen molar-refractivity contribution in [1.29, 1.82) is 0 Å². The molecule has 0 N–H and O–H groups in total. The van der Waals surface area contributed by atoms with Crippen LogP contribution in [0.15, 0.2) is 98.5 Å². The number of halogens is 1. The van der Waals surface area contributed by atoms with Crippen molar-refractivity contribution in [2.75, 3.05) is 0 Å². The third-order valence-corrected chi connectivity index (χ3v) is 8.27. The highest BCUT2D eigenvalue weighted by Gasteiger charge is 2.30. The minimum Gasteiger partial charge on any atom is -0.240 e. The van der Waals surface area contributed by atoms with Gasteiger partial charge in [-0.1, -0.05) is 70.0 Å². The molecule has 0 fully saturated rings. The highest BCUT2D eigenvalue weighted by molar-refractivity contribution is 8.03. The molecule has 0 bridgehead atoms. The lowest BCUT2D eigenvalue weighted by molar-refractivity contribution is 0.450. The zero-order valence-electron chi connectivity index (χ0n) is 14.5. The van der Waals surface area contributed by atoms with E-state index >= 15 is 4.39 Å². The van der Waals surface area contributed by atoms with Crippen molar-refractivity contribution >= 4 is 19.8 Å². The minimum atomic E-state index is -4.32. The highest BCUT2D eigenvalue weighted by atomic mass is 32.3. The van der Waals surface area contributed by atoms with Gasteiger partial charge in [0.15, 0.2) is 0 Å². The van der Waals surface area contributed by atoms with E-state index in [1.54, 1.807) is 36.4 Å². The number of sulfonamides is 1. The SMILES string of the molecule is Cc1ccc([C@H](F)[S@@](=O)(=NS(=O)(=O)c2ccccc2)c2ccccc2)cc1. The first-order valence-corrected chi connectivity index (χ1v) is 11.2. The Kier molecular flexibility index (Phi) is 5.43. The number of benzene rings is 3. The fourth-order valence-corrected chi connectivity index (χ4v) is 6.47. The summed E-state index contributed by atoms with van der Waals surface area (Å²) in [6.07, 6.45) is 0. The van der Waals surface area contributed by atoms with Crippen LogP contribution in [0.5, 0.6) is 0 Å². The first-order chi connectivity index (χ1) is 12.8. The Morgan fingerprint density at radius 2 is 1.22 bits per heavy atom. The van der Waals surface area contributed by atoms with Gasteiger partial charge in [0.2, 0.25) is 5.50 Å². The molecule has 4 nitrogen and oxygen atoms in total. The van der Waals surface area contributed by atoms with E-state index in [2.05, 4.69) is 3.77 Å². The quantitative estimate of drug-likeness (QED) is 0.610. The van der Waals surface area contributed by atoms with Gasteiger partial charge in [-0.15, -0.1) is 0 Å². The largest absolute Gasteiger partial charge is 0.290 e. The van der Waals surface area contributed by atoms with Crippen LogP contribution in [0.3, 0.4) is 0 Å². The van der Waals surface area contributed by atoms with Gasteiger partial charge in [0.05, 0.1) is 9.79 Å². The van der Waals surface area contributed by atoms with Crippen molar-refractivity contribution in [3.05, 3.63) is 96.1 Å². The van der Waals surface area contributed by atoms with E-state index in [9.17, 15) is 12.6 Å². The summed E-state index contributed by atoms with van der Waals surface area (Å²) in [6.45, 7) is 1.84. The van der Waals surface area contributed by atoms with Crippen LogP contribution in [0.2, 0.25) is 0 Å². The molecule has 0 aliphatic rings. The first-order valence-electron chi connectivity index (χ1n) is 8.16. The average Bonchev–Trinajstić information content (AvgIpc) is 2.69. The van der Waals surface area contributed by atoms with E-state index < -0.39 is 25.3 Å². The van der Waals surface area contributed by atoms with Gasteiger partial charge in [0, 0.05) is 5.56 Å².